The Labute approximate surface area is 105 Å². The van der Waals surface area contributed by atoms with Crippen molar-refractivity contribution < 1.29 is 19.4 Å². The van der Waals surface area contributed by atoms with Gasteiger partial charge in [-0.2, -0.15) is 0 Å². The van der Waals surface area contributed by atoms with Crippen LogP contribution in [0.2, 0.25) is 0 Å². The lowest BCUT2D eigenvalue weighted by Gasteiger charge is -2.20. The first-order valence-electron chi connectivity index (χ1n) is 5.24. The summed E-state index contributed by atoms with van der Waals surface area (Å²) in [7, 11) is 3.14. The van der Waals surface area contributed by atoms with Crippen LogP contribution in [0.1, 0.15) is 9.67 Å². The second-order valence-corrected chi connectivity index (χ2v) is 4.27. The Morgan fingerprint density at radius 1 is 1.47 bits per heavy atom. The third-order valence-corrected chi connectivity index (χ3v) is 3.14. The third-order valence-electron chi connectivity index (χ3n) is 2.24. The summed E-state index contributed by atoms with van der Waals surface area (Å²) < 4.78 is 9.97. The molecular weight excluding hydrogens is 242 g/mol. The van der Waals surface area contributed by atoms with Crippen LogP contribution in [0.4, 0.5) is 0 Å². The lowest BCUT2D eigenvalue weighted by molar-refractivity contribution is 0.0661. The molecule has 1 N–H and O–H groups in total. The average Bonchev–Trinajstić information content (AvgIpc) is 2.82. The zero-order valence-electron chi connectivity index (χ0n) is 10.0. The van der Waals surface area contributed by atoms with Crippen LogP contribution >= 0.6 is 11.3 Å². The molecule has 0 atom stereocenters. The van der Waals surface area contributed by atoms with Crippen molar-refractivity contribution in [2.24, 2.45) is 0 Å². The van der Waals surface area contributed by atoms with Crippen LogP contribution in [-0.2, 0) is 4.74 Å². The molecule has 6 heteroatoms. The van der Waals surface area contributed by atoms with Gasteiger partial charge >= 0.3 is 0 Å². The predicted octanol–water partition coefficient (Wildman–Crippen LogP) is 0.838. The van der Waals surface area contributed by atoms with E-state index in [1.807, 2.05) is 0 Å². The van der Waals surface area contributed by atoms with Crippen LogP contribution in [0.5, 0.6) is 5.75 Å². The van der Waals surface area contributed by atoms with Crippen molar-refractivity contribution in [3.8, 4) is 5.75 Å². The van der Waals surface area contributed by atoms with E-state index < -0.39 is 0 Å². The highest BCUT2D eigenvalue weighted by Crippen LogP contribution is 2.22. The fourth-order valence-corrected chi connectivity index (χ4v) is 2.15. The minimum Gasteiger partial charge on any atom is -0.496 e. The third kappa shape index (κ3) is 3.99. The van der Waals surface area contributed by atoms with Crippen LogP contribution < -0.4 is 4.74 Å². The van der Waals surface area contributed by atoms with Crippen molar-refractivity contribution in [2.75, 3.05) is 40.5 Å². The fourth-order valence-electron chi connectivity index (χ4n) is 1.33. The first-order valence-corrected chi connectivity index (χ1v) is 6.12. The Bertz CT molecular complexity index is 353. The second kappa shape index (κ2) is 7.26. The van der Waals surface area contributed by atoms with E-state index in [1.54, 1.807) is 30.6 Å². The van der Waals surface area contributed by atoms with Crippen molar-refractivity contribution in [1.29, 1.82) is 0 Å². The SMILES string of the molecule is COCCN(CCO)C(=O)c1cc(OC)cs1. The summed E-state index contributed by atoms with van der Waals surface area (Å²) in [5.74, 6) is 0.568. The van der Waals surface area contributed by atoms with Crippen LogP contribution in [0, 0.1) is 0 Å². The van der Waals surface area contributed by atoms with Crippen molar-refractivity contribution in [3.05, 3.63) is 16.3 Å². The highest BCUT2D eigenvalue weighted by atomic mass is 32.1. The minimum atomic E-state index is -0.107. The van der Waals surface area contributed by atoms with Crippen molar-refractivity contribution in [1.82, 2.24) is 4.90 Å². The minimum absolute atomic E-state index is 0.0576. The van der Waals surface area contributed by atoms with E-state index in [4.69, 9.17) is 14.6 Å². The zero-order chi connectivity index (χ0) is 12.7. The van der Waals surface area contributed by atoms with Gasteiger partial charge in [0, 0.05) is 31.6 Å². The number of thiophene rings is 1. The highest BCUT2D eigenvalue weighted by Gasteiger charge is 2.17. The zero-order valence-corrected chi connectivity index (χ0v) is 10.8. The Balaban J connectivity index is 2.68. The molecule has 17 heavy (non-hydrogen) atoms. The molecule has 0 fully saturated rings. The molecule has 1 heterocycles. The molecule has 0 aromatic carbocycles. The van der Waals surface area contributed by atoms with E-state index in [9.17, 15) is 4.79 Å². The predicted molar refractivity (Wildman–Crippen MR) is 65.7 cm³/mol. The van der Waals surface area contributed by atoms with Crippen LogP contribution in [0.15, 0.2) is 11.4 Å². The van der Waals surface area contributed by atoms with E-state index >= 15 is 0 Å². The summed E-state index contributed by atoms with van der Waals surface area (Å²) in [5.41, 5.74) is 0. The molecule has 0 aliphatic carbocycles. The largest absolute Gasteiger partial charge is 0.496 e. The number of aliphatic hydroxyl groups excluding tert-OH is 1. The van der Waals surface area contributed by atoms with Gasteiger partial charge in [0.2, 0.25) is 0 Å². The summed E-state index contributed by atoms with van der Waals surface area (Å²) in [6.45, 7) is 1.17. The highest BCUT2D eigenvalue weighted by molar-refractivity contribution is 7.12. The molecule has 0 saturated carbocycles. The van der Waals surface area contributed by atoms with E-state index in [1.165, 1.54) is 11.3 Å². The van der Waals surface area contributed by atoms with Crippen molar-refractivity contribution in [2.45, 2.75) is 0 Å². The maximum atomic E-state index is 12.1. The lowest BCUT2D eigenvalue weighted by atomic mass is 10.3. The van der Waals surface area contributed by atoms with Gasteiger partial charge in [-0.15, -0.1) is 11.3 Å². The molecule has 0 aliphatic heterocycles. The van der Waals surface area contributed by atoms with Gasteiger partial charge in [0.25, 0.3) is 5.91 Å². The molecule has 0 saturated heterocycles. The van der Waals surface area contributed by atoms with Crippen molar-refractivity contribution >= 4 is 17.2 Å². The number of hydrogen-bond acceptors (Lipinski definition) is 5. The molecule has 96 valence electrons. The number of aliphatic hydroxyl groups is 1. The van der Waals surface area contributed by atoms with Crippen LogP contribution in [0.25, 0.3) is 0 Å². The maximum Gasteiger partial charge on any atom is 0.264 e. The van der Waals surface area contributed by atoms with Gasteiger partial charge in [-0.1, -0.05) is 0 Å². The molecule has 0 unspecified atom stereocenters. The van der Waals surface area contributed by atoms with E-state index in [0.717, 1.165) is 0 Å². The summed E-state index contributed by atoms with van der Waals surface area (Å²) in [4.78, 5) is 14.3. The molecule has 5 nitrogen and oxygen atoms in total. The number of carbonyl (C=O) groups is 1. The molecule has 0 spiro atoms. The average molecular weight is 259 g/mol. The topological polar surface area (TPSA) is 59.0 Å². The van der Waals surface area contributed by atoms with Gasteiger partial charge in [0.05, 0.1) is 25.2 Å². The Hall–Kier alpha value is -1.11. The number of ether oxygens (including phenoxy) is 2. The smallest absolute Gasteiger partial charge is 0.264 e. The normalized spacial score (nSPS) is 10.3. The molecule has 0 bridgehead atoms. The quantitative estimate of drug-likeness (QED) is 0.788. The molecule has 0 aliphatic rings. The monoisotopic (exact) mass is 259 g/mol. The van der Waals surface area contributed by atoms with Gasteiger partial charge in [-0.3, -0.25) is 4.79 Å². The number of nitrogens with zero attached hydrogens (tertiary/aromatic N) is 1. The van der Waals surface area contributed by atoms with Gasteiger partial charge in [-0.25, -0.2) is 0 Å². The summed E-state index contributed by atoms with van der Waals surface area (Å²) in [6, 6.07) is 1.70. The first kappa shape index (κ1) is 14.0. The molecule has 1 aromatic rings. The number of hydrogen-bond donors (Lipinski definition) is 1. The van der Waals surface area contributed by atoms with Crippen LogP contribution in [-0.4, -0.2) is 56.4 Å². The fraction of sp³-hybridized carbons (Fsp3) is 0.545. The summed E-state index contributed by atoms with van der Waals surface area (Å²) in [5, 5.41) is 10.7. The number of carbonyl (C=O) groups excluding carboxylic acids is 1. The summed E-state index contributed by atoms with van der Waals surface area (Å²) >= 11 is 1.33. The Morgan fingerprint density at radius 3 is 2.76 bits per heavy atom. The van der Waals surface area contributed by atoms with Crippen LogP contribution in [0.3, 0.4) is 0 Å². The molecule has 0 radical (unpaired) electrons. The lowest BCUT2D eigenvalue weighted by Crippen LogP contribution is -2.35. The second-order valence-electron chi connectivity index (χ2n) is 3.36. The van der Waals surface area contributed by atoms with E-state index in [-0.39, 0.29) is 12.5 Å². The maximum absolute atomic E-state index is 12.1. The van der Waals surface area contributed by atoms with E-state index in [2.05, 4.69) is 0 Å². The van der Waals surface area contributed by atoms with Gasteiger partial charge in [-0.05, 0) is 0 Å². The van der Waals surface area contributed by atoms with Gasteiger partial charge in [0.1, 0.15) is 5.75 Å². The van der Waals surface area contributed by atoms with Gasteiger partial charge in [0.15, 0.2) is 0 Å². The standard InChI is InChI=1S/C11H17NO4S/c1-15-6-4-12(3-5-13)11(14)10-7-9(16-2)8-17-10/h7-8,13H,3-6H2,1-2H3. The Morgan fingerprint density at radius 2 is 2.24 bits per heavy atom. The molecular formula is C11H17NO4S. The Kier molecular flexibility index (Phi) is 5.96. The number of rotatable bonds is 7. The van der Waals surface area contributed by atoms with Gasteiger partial charge < -0.3 is 19.5 Å². The molecule has 1 aromatic heterocycles. The summed E-state index contributed by atoms with van der Waals surface area (Å²) in [6.07, 6.45) is 0. The van der Waals surface area contributed by atoms with Crippen molar-refractivity contribution in [3.63, 3.8) is 0 Å². The molecule has 1 amide bonds. The number of methoxy groups -OCH3 is 2. The van der Waals surface area contributed by atoms with E-state index in [0.29, 0.717) is 30.3 Å². The number of amides is 1. The molecule has 1 rings (SSSR count). The first-order chi connectivity index (χ1) is 8.22.